The Balaban J connectivity index is 1.62. The van der Waals surface area contributed by atoms with Crippen molar-refractivity contribution >= 4 is 23.2 Å². The average Bonchev–Trinajstić information content (AvgIpc) is 2.75. The Morgan fingerprint density at radius 2 is 1.86 bits per heavy atom. The number of halogens is 1. The van der Waals surface area contributed by atoms with E-state index in [-0.39, 0.29) is 5.56 Å². The van der Waals surface area contributed by atoms with Gasteiger partial charge in [0.1, 0.15) is 19.3 Å². The van der Waals surface area contributed by atoms with Crippen LogP contribution in [0.15, 0.2) is 59.4 Å². The fraction of sp³-hybridized carbons (Fsp3) is 0.190. The van der Waals surface area contributed by atoms with Gasteiger partial charge >= 0.3 is 0 Å². The van der Waals surface area contributed by atoms with Crippen LogP contribution in [0.4, 0.5) is 5.69 Å². The summed E-state index contributed by atoms with van der Waals surface area (Å²) in [5.41, 5.74) is 1.39. The highest BCUT2D eigenvalue weighted by Gasteiger charge is 2.20. The van der Waals surface area contributed by atoms with Gasteiger partial charge in [0.2, 0.25) is 5.91 Å². The molecular formula is C21H18ClN3O4. The number of benzene rings is 2. The molecule has 1 N–H and O–H groups in total. The van der Waals surface area contributed by atoms with Gasteiger partial charge in [0.15, 0.2) is 11.5 Å². The molecule has 2 aromatic carbocycles. The standard InChI is InChI=1S/C21H18ClN3O4/c1-13(21(27)23-17-5-3-2-4-15(17)22)25-20(26)9-7-16(24-25)14-6-8-18-19(12-14)29-11-10-28-18/h2-9,12-13H,10-11H2,1H3,(H,23,27)/t13-/m0/s1. The molecular weight excluding hydrogens is 394 g/mol. The van der Waals surface area contributed by atoms with Gasteiger partial charge in [0, 0.05) is 11.6 Å². The highest BCUT2D eigenvalue weighted by molar-refractivity contribution is 6.33. The molecule has 1 aliphatic heterocycles. The molecule has 148 valence electrons. The Kier molecular flexibility index (Phi) is 5.22. The zero-order valence-electron chi connectivity index (χ0n) is 15.6. The van der Waals surface area contributed by atoms with Crippen molar-refractivity contribution in [3.8, 4) is 22.8 Å². The molecule has 2 heterocycles. The van der Waals surface area contributed by atoms with Gasteiger partial charge in [0.05, 0.1) is 16.4 Å². The molecule has 4 rings (SSSR count). The topological polar surface area (TPSA) is 82.5 Å². The number of fused-ring (bicyclic) bond motifs is 1. The summed E-state index contributed by atoms with van der Waals surface area (Å²) in [5, 5.41) is 7.53. The lowest BCUT2D eigenvalue weighted by Crippen LogP contribution is -2.33. The summed E-state index contributed by atoms with van der Waals surface area (Å²) in [6.07, 6.45) is 0. The molecule has 29 heavy (non-hydrogen) atoms. The maximum absolute atomic E-state index is 12.7. The monoisotopic (exact) mass is 411 g/mol. The minimum atomic E-state index is -0.837. The third kappa shape index (κ3) is 3.95. The van der Waals surface area contributed by atoms with E-state index in [2.05, 4.69) is 10.4 Å². The third-order valence-electron chi connectivity index (χ3n) is 4.54. The number of aromatic nitrogens is 2. The van der Waals surface area contributed by atoms with Crippen molar-refractivity contribution in [1.82, 2.24) is 9.78 Å². The molecule has 0 bridgehead atoms. The predicted octanol–water partition coefficient (Wildman–Crippen LogP) is 3.53. The van der Waals surface area contributed by atoms with Crippen molar-refractivity contribution in [3.05, 3.63) is 70.0 Å². The maximum Gasteiger partial charge on any atom is 0.267 e. The molecule has 0 saturated carbocycles. The summed E-state index contributed by atoms with van der Waals surface area (Å²) in [7, 11) is 0. The van der Waals surface area contributed by atoms with Crippen LogP contribution in [0.1, 0.15) is 13.0 Å². The lowest BCUT2D eigenvalue weighted by Gasteiger charge is -2.19. The molecule has 1 atom stereocenters. The van der Waals surface area contributed by atoms with E-state index >= 15 is 0 Å². The van der Waals surface area contributed by atoms with E-state index in [9.17, 15) is 9.59 Å². The highest BCUT2D eigenvalue weighted by atomic mass is 35.5. The predicted molar refractivity (Wildman–Crippen MR) is 110 cm³/mol. The number of amides is 1. The Labute approximate surface area is 171 Å². The molecule has 0 fully saturated rings. The van der Waals surface area contributed by atoms with Crippen molar-refractivity contribution < 1.29 is 14.3 Å². The smallest absolute Gasteiger partial charge is 0.267 e. The first-order valence-corrected chi connectivity index (χ1v) is 9.46. The van der Waals surface area contributed by atoms with Crippen molar-refractivity contribution in [2.75, 3.05) is 18.5 Å². The Bertz CT molecular complexity index is 1130. The average molecular weight is 412 g/mol. The summed E-state index contributed by atoms with van der Waals surface area (Å²) in [5.74, 6) is 0.894. The Morgan fingerprint density at radius 1 is 1.10 bits per heavy atom. The molecule has 0 radical (unpaired) electrons. The van der Waals surface area contributed by atoms with Crippen LogP contribution in [-0.2, 0) is 4.79 Å². The zero-order chi connectivity index (χ0) is 20.4. The number of nitrogens with zero attached hydrogens (tertiary/aromatic N) is 2. The first-order chi connectivity index (χ1) is 14.0. The summed E-state index contributed by atoms with van der Waals surface area (Å²) >= 11 is 6.09. The number of carbonyl (C=O) groups is 1. The SMILES string of the molecule is C[C@@H](C(=O)Nc1ccccc1Cl)n1nc(-c2ccc3c(c2)OCCO3)ccc1=O. The Morgan fingerprint density at radius 3 is 2.66 bits per heavy atom. The number of carbonyl (C=O) groups excluding carboxylic acids is 1. The number of nitrogens with one attached hydrogen (secondary N) is 1. The van der Waals surface area contributed by atoms with Crippen molar-refractivity contribution in [3.63, 3.8) is 0 Å². The van der Waals surface area contributed by atoms with Crippen LogP contribution in [-0.4, -0.2) is 28.9 Å². The number of hydrogen-bond donors (Lipinski definition) is 1. The van der Waals surface area contributed by atoms with E-state index in [1.807, 2.05) is 6.07 Å². The molecule has 1 aliphatic rings. The lowest BCUT2D eigenvalue weighted by atomic mass is 10.1. The fourth-order valence-electron chi connectivity index (χ4n) is 2.97. The van der Waals surface area contributed by atoms with Gasteiger partial charge in [-0.1, -0.05) is 23.7 Å². The Hall–Kier alpha value is -3.32. The van der Waals surface area contributed by atoms with Gasteiger partial charge in [-0.2, -0.15) is 5.10 Å². The van der Waals surface area contributed by atoms with E-state index in [4.69, 9.17) is 21.1 Å². The summed E-state index contributed by atoms with van der Waals surface area (Å²) < 4.78 is 12.3. The van der Waals surface area contributed by atoms with Crippen LogP contribution in [0.3, 0.4) is 0 Å². The number of rotatable bonds is 4. The van der Waals surface area contributed by atoms with Gasteiger partial charge < -0.3 is 14.8 Å². The van der Waals surface area contributed by atoms with Crippen LogP contribution in [0.5, 0.6) is 11.5 Å². The molecule has 8 heteroatoms. The molecule has 1 aromatic heterocycles. The van der Waals surface area contributed by atoms with Crippen LogP contribution >= 0.6 is 11.6 Å². The summed E-state index contributed by atoms with van der Waals surface area (Å²) in [6, 6.07) is 14.5. The van der Waals surface area contributed by atoms with E-state index < -0.39 is 11.9 Å². The lowest BCUT2D eigenvalue weighted by molar-refractivity contribution is -0.119. The fourth-order valence-corrected chi connectivity index (χ4v) is 3.15. The molecule has 1 amide bonds. The van der Waals surface area contributed by atoms with Gasteiger partial charge in [-0.3, -0.25) is 9.59 Å². The summed E-state index contributed by atoms with van der Waals surface area (Å²) in [4.78, 5) is 25.0. The zero-order valence-corrected chi connectivity index (χ0v) is 16.3. The second kappa shape index (κ2) is 7.97. The summed E-state index contributed by atoms with van der Waals surface area (Å²) in [6.45, 7) is 2.59. The molecule has 3 aromatic rings. The minimum Gasteiger partial charge on any atom is -0.486 e. The first-order valence-electron chi connectivity index (χ1n) is 9.08. The van der Waals surface area contributed by atoms with Gasteiger partial charge in [0.25, 0.3) is 5.56 Å². The molecule has 0 unspecified atom stereocenters. The molecule has 0 saturated heterocycles. The highest BCUT2D eigenvalue weighted by Crippen LogP contribution is 2.33. The number of ether oxygens (including phenoxy) is 2. The van der Waals surface area contributed by atoms with Gasteiger partial charge in [-0.05, 0) is 43.3 Å². The number of anilines is 1. The molecule has 0 aliphatic carbocycles. The van der Waals surface area contributed by atoms with Crippen LogP contribution in [0.25, 0.3) is 11.3 Å². The largest absolute Gasteiger partial charge is 0.486 e. The van der Waals surface area contributed by atoms with Crippen molar-refractivity contribution in [1.29, 1.82) is 0 Å². The van der Waals surface area contributed by atoms with Crippen molar-refractivity contribution in [2.45, 2.75) is 13.0 Å². The van der Waals surface area contributed by atoms with Crippen LogP contribution in [0.2, 0.25) is 5.02 Å². The van der Waals surface area contributed by atoms with E-state index in [0.29, 0.717) is 41.1 Å². The molecule has 7 nitrogen and oxygen atoms in total. The first kappa shape index (κ1) is 19.0. The maximum atomic E-state index is 12.7. The second-order valence-corrected chi connectivity index (χ2v) is 6.91. The number of para-hydroxylation sites is 1. The third-order valence-corrected chi connectivity index (χ3v) is 4.87. The second-order valence-electron chi connectivity index (χ2n) is 6.50. The number of hydrogen-bond acceptors (Lipinski definition) is 5. The van der Waals surface area contributed by atoms with Gasteiger partial charge in [-0.15, -0.1) is 0 Å². The van der Waals surface area contributed by atoms with Crippen LogP contribution < -0.4 is 20.3 Å². The normalized spacial score (nSPS) is 13.6. The van der Waals surface area contributed by atoms with Crippen LogP contribution in [0, 0.1) is 0 Å². The molecule has 0 spiro atoms. The minimum absolute atomic E-state index is 0.381. The van der Waals surface area contributed by atoms with E-state index in [1.54, 1.807) is 49.4 Å². The van der Waals surface area contributed by atoms with Gasteiger partial charge in [-0.25, -0.2) is 4.68 Å². The van der Waals surface area contributed by atoms with Crippen molar-refractivity contribution in [2.24, 2.45) is 0 Å². The van der Waals surface area contributed by atoms with E-state index in [1.165, 1.54) is 6.07 Å². The quantitative estimate of drug-likeness (QED) is 0.710. The van der Waals surface area contributed by atoms with E-state index in [0.717, 1.165) is 10.2 Å².